The zero-order valence-corrected chi connectivity index (χ0v) is 10.3. The van der Waals surface area contributed by atoms with Crippen LogP contribution in [0.25, 0.3) is 0 Å². The summed E-state index contributed by atoms with van der Waals surface area (Å²) >= 11 is 0. The number of nitrogens with two attached hydrogens (primary N) is 1. The first-order chi connectivity index (χ1) is 8.22. The van der Waals surface area contributed by atoms with Crippen molar-refractivity contribution in [2.24, 2.45) is 5.73 Å². The van der Waals surface area contributed by atoms with Crippen molar-refractivity contribution in [2.75, 3.05) is 19.7 Å². The Morgan fingerprint density at radius 1 is 1.18 bits per heavy atom. The molecule has 1 aromatic rings. The zero-order chi connectivity index (χ0) is 12.1. The molecule has 0 amide bonds. The van der Waals surface area contributed by atoms with E-state index in [1.165, 1.54) is 5.56 Å². The Balaban J connectivity index is 1.83. The zero-order valence-electron chi connectivity index (χ0n) is 10.3. The summed E-state index contributed by atoms with van der Waals surface area (Å²) in [5.74, 6) is 0. The highest BCUT2D eigenvalue weighted by Gasteiger charge is 2.29. The number of rotatable bonds is 4. The van der Waals surface area contributed by atoms with E-state index in [0.29, 0.717) is 0 Å². The fraction of sp³-hybridized carbons (Fsp3) is 0.571. The van der Waals surface area contributed by atoms with E-state index in [1.807, 2.05) is 6.07 Å². The number of hydrogen-bond donors (Lipinski definition) is 2. The molecule has 94 valence electrons. The quantitative estimate of drug-likeness (QED) is 0.827. The maximum Gasteiger partial charge on any atom is 0.0448 e. The highest BCUT2D eigenvalue weighted by atomic mass is 16.3. The average molecular weight is 234 g/mol. The van der Waals surface area contributed by atoms with Gasteiger partial charge in [-0.1, -0.05) is 30.3 Å². The molecule has 0 aromatic heterocycles. The van der Waals surface area contributed by atoms with Crippen LogP contribution in [-0.4, -0.2) is 35.2 Å². The summed E-state index contributed by atoms with van der Waals surface area (Å²) < 4.78 is 0. The second-order valence-electron chi connectivity index (χ2n) is 5.10. The highest BCUT2D eigenvalue weighted by Crippen LogP contribution is 2.23. The molecule has 0 saturated carbocycles. The lowest BCUT2D eigenvalue weighted by Crippen LogP contribution is -2.50. The third-order valence-electron chi connectivity index (χ3n) is 3.71. The van der Waals surface area contributed by atoms with E-state index in [-0.39, 0.29) is 12.1 Å². The summed E-state index contributed by atoms with van der Waals surface area (Å²) in [4.78, 5) is 2.44. The highest BCUT2D eigenvalue weighted by molar-refractivity contribution is 5.14. The van der Waals surface area contributed by atoms with Gasteiger partial charge >= 0.3 is 0 Å². The molecule has 2 rings (SSSR count). The minimum Gasteiger partial charge on any atom is -0.396 e. The van der Waals surface area contributed by atoms with Crippen LogP contribution in [0.1, 0.15) is 24.8 Å². The van der Waals surface area contributed by atoms with Gasteiger partial charge in [0.15, 0.2) is 0 Å². The van der Waals surface area contributed by atoms with Crippen molar-refractivity contribution in [1.82, 2.24) is 4.90 Å². The first-order valence-corrected chi connectivity index (χ1v) is 6.38. The minimum atomic E-state index is -0.137. The van der Waals surface area contributed by atoms with Gasteiger partial charge < -0.3 is 10.8 Å². The number of piperidine rings is 1. The number of benzene rings is 1. The van der Waals surface area contributed by atoms with Crippen molar-refractivity contribution < 1.29 is 5.11 Å². The molecule has 1 fully saturated rings. The Hall–Kier alpha value is -0.900. The molecular formula is C14H22N2O. The summed E-state index contributed by atoms with van der Waals surface area (Å²) in [6.07, 6.45) is 2.70. The van der Waals surface area contributed by atoms with Gasteiger partial charge in [0.05, 0.1) is 0 Å². The standard InChI is InChI=1S/C14H22N2O/c15-14(8-11-17)6-9-16(10-7-14)12-13-4-2-1-3-5-13/h1-5,17H,6-12,15H2. The largest absolute Gasteiger partial charge is 0.396 e. The van der Waals surface area contributed by atoms with Gasteiger partial charge in [-0.2, -0.15) is 0 Å². The molecule has 0 aliphatic carbocycles. The molecular weight excluding hydrogens is 212 g/mol. The van der Waals surface area contributed by atoms with E-state index in [2.05, 4.69) is 29.2 Å². The maximum atomic E-state index is 8.99. The molecule has 0 unspecified atom stereocenters. The fourth-order valence-electron chi connectivity index (χ4n) is 2.47. The number of likely N-dealkylation sites (tertiary alicyclic amines) is 1. The van der Waals surface area contributed by atoms with Crippen LogP contribution in [0.3, 0.4) is 0 Å². The van der Waals surface area contributed by atoms with Crippen molar-refractivity contribution in [3.63, 3.8) is 0 Å². The number of aliphatic hydroxyl groups excluding tert-OH is 1. The van der Waals surface area contributed by atoms with Crippen molar-refractivity contribution in [3.8, 4) is 0 Å². The normalized spacial score (nSPS) is 20.4. The van der Waals surface area contributed by atoms with Gasteiger partial charge in [-0.05, 0) is 24.8 Å². The molecule has 3 nitrogen and oxygen atoms in total. The van der Waals surface area contributed by atoms with Crippen LogP contribution in [0.4, 0.5) is 0 Å². The predicted octanol–water partition coefficient (Wildman–Crippen LogP) is 1.36. The molecule has 1 aliphatic rings. The SMILES string of the molecule is NC1(CCO)CCN(Cc2ccccc2)CC1. The monoisotopic (exact) mass is 234 g/mol. The van der Waals surface area contributed by atoms with E-state index in [9.17, 15) is 0 Å². The Morgan fingerprint density at radius 2 is 1.82 bits per heavy atom. The van der Waals surface area contributed by atoms with Gasteiger partial charge in [0, 0.05) is 31.8 Å². The van der Waals surface area contributed by atoms with E-state index in [0.717, 1.165) is 38.9 Å². The first-order valence-electron chi connectivity index (χ1n) is 6.38. The molecule has 3 N–H and O–H groups in total. The molecule has 1 aromatic carbocycles. The number of hydrogen-bond acceptors (Lipinski definition) is 3. The van der Waals surface area contributed by atoms with Crippen molar-refractivity contribution >= 4 is 0 Å². The first kappa shape index (κ1) is 12.6. The van der Waals surface area contributed by atoms with Crippen LogP contribution in [0.5, 0.6) is 0 Å². The summed E-state index contributed by atoms with van der Waals surface area (Å²) in [5.41, 5.74) is 7.46. The average Bonchev–Trinajstić information content (AvgIpc) is 2.34. The van der Waals surface area contributed by atoms with E-state index >= 15 is 0 Å². The van der Waals surface area contributed by atoms with Gasteiger partial charge in [0.2, 0.25) is 0 Å². The second-order valence-corrected chi connectivity index (χ2v) is 5.10. The second kappa shape index (κ2) is 5.63. The van der Waals surface area contributed by atoms with Crippen LogP contribution >= 0.6 is 0 Å². The topological polar surface area (TPSA) is 49.5 Å². The molecule has 1 aliphatic heterocycles. The van der Waals surface area contributed by atoms with Crippen molar-refractivity contribution in [3.05, 3.63) is 35.9 Å². The van der Waals surface area contributed by atoms with Gasteiger partial charge in [0.1, 0.15) is 0 Å². The van der Waals surface area contributed by atoms with Crippen LogP contribution in [-0.2, 0) is 6.54 Å². The smallest absolute Gasteiger partial charge is 0.0448 e. The third kappa shape index (κ3) is 3.53. The molecule has 0 atom stereocenters. The molecule has 3 heteroatoms. The lowest BCUT2D eigenvalue weighted by molar-refractivity contribution is 0.130. The lowest BCUT2D eigenvalue weighted by atomic mass is 9.86. The molecule has 0 radical (unpaired) electrons. The Kier molecular flexibility index (Phi) is 4.15. The summed E-state index contributed by atoms with van der Waals surface area (Å²) in [6.45, 7) is 3.28. The molecule has 1 heterocycles. The van der Waals surface area contributed by atoms with Gasteiger partial charge in [-0.15, -0.1) is 0 Å². The summed E-state index contributed by atoms with van der Waals surface area (Å²) in [6, 6.07) is 10.5. The Morgan fingerprint density at radius 3 is 2.41 bits per heavy atom. The minimum absolute atomic E-state index is 0.137. The van der Waals surface area contributed by atoms with Crippen LogP contribution < -0.4 is 5.73 Å². The maximum absolute atomic E-state index is 8.99. The van der Waals surface area contributed by atoms with Crippen molar-refractivity contribution in [2.45, 2.75) is 31.3 Å². The Labute approximate surface area is 103 Å². The molecule has 0 bridgehead atoms. The van der Waals surface area contributed by atoms with Gasteiger partial charge in [0.25, 0.3) is 0 Å². The van der Waals surface area contributed by atoms with Gasteiger partial charge in [-0.3, -0.25) is 4.90 Å². The summed E-state index contributed by atoms with van der Waals surface area (Å²) in [5, 5.41) is 8.99. The van der Waals surface area contributed by atoms with Crippen LogP contribution in [0.15, 0.2) is 30.3 Å². The lowest BCUT2D eigenvalue weighted by Gasteiger charge is -2.39. The van der Waals surface area contributed by atoms with Crippen molar-refractivity contribution in [1.29, 1.82) is 0 Å². The molecule has 17 heavy (non-hydrogen) atoms. The number of aliphatic hydroxyl groups is 1. The summed E-state index contributed by atoms with van der Waals surface area (Å²) in [7, 11) is 0. The Bertz CT molecular complexity index is 331. The number of nitrogens with zero attached hydrogens (tertiary/aromatic N) is 1. The van der Waals surface area contributed by atoms with E-state index in [1.54, 1.807) is 0 Å². The van der Waals surface area contributed by atoms with Gasteiger partial charge in [-0.25, -0.2) is 0 Å². The predicted molar refractivity (Wildman–Crippen MR) is 69.6 cm³/mol. The van der Waals surface area contributed by atoms with E-state index in [4.69, 9.17) is 10.8 Å². The van der Waals surface area contributed by atoms with Crippen LogP contribution in [0, 0.1) is 0 Å². The fourth-order valence-corrected chi connectivity index (χ4v) is 2.47. The van der Waals surface area contributed by atoms with E-state index < -0.39 is 0 Å². The van der Waals surface area contributed by atoms with Crippen LogP contribution in [0.2, 0.25) is 0 Å². The third-order valence-corrected chi connectivity index (χ3v) is 3.71. The molecule has 0 spiro atoms. The molecule has 1 saturated heterocycles.